The highest BCUT2D eigenvalue weighted by molar-refractivity contribution is 6.04. The van der Waals surface area contributed by atoms with Gasteiger partial charge in [0, 0.05) is 22.5 Å². The first-order valence-electron chi connectivity index (χ1n) is 9.84. The lowest BCUT2D eigenvalue weighted by atomic mass is 10.1. The Balaban J connectivity index is 1.49. The van der Waals surface area contributed by atoms with Crippen LogP contribution in [0.5, 0.6) is 0 Å². The molecule has 1 heterocycles. The van der Waals surface area contributed by atoms with Crippen LogP contribution in [0.4, 0.5) is 23.2 Å². The summed E-state index contributed by atoms with van der Waals surface area (Å²) in [5, 5.41) is 8.92. The van der Waals surface area contributed by atoms with Crippen molar-refractivity contribution in [1.82, 2.24) is 15.1 Å². The molecule has 0 fully saturated rings. The number of nitrogens with one attached hydrogen (secondary N) is 2. The van der Waals surface area contributed by atoms with Gasteiger partial charge in [-0.05, 0) is 67.8 Å². The fourth-order valence-electron chi connectivity index (χ4n) is 3.59. The number of amides is 2. The second-order valence-electron chi connectivity index (χ2n) is 7.34. The number of anilines is 1. The van der Waals surface area contributed by atoms with Gasteiger partial charge in [0.1, 0.15) is 12.4 Å². The van der Waals surface area contributed by atoms with E-state index in [1.165, 1.54) is 36.4 Å². The zero-order valence-corrected chi connectivity index (χ0v) is 16.7. The van der Waals surface area contributed by atoms with Crippen LogP contribution >= 0.6 is 0 Å². The second-order valence-corrected chi connectivity index (χ2v) is 7.34. The molecule has 0 aliphatic heterocycles. The van der Waals surface area contributed by atoms with Gasteiger partial charge in [-0.1, -0.05) is 0 Å². The standard InChI is InChI=1S/C22H18F4N4O2/c23-14-6-10-16(11-7-14)30-18-3-1-2-17(18)19(29-30)21(32)28-15-8-4-13(5-9-15)20(31)27-12-22(24,25)26/h4-11H,1-3,12H2,(H,27,31)(H,28,32). The van der Waals surface area contributed by atoms with E-state index in [9.17, 15) is 27.2 Å². The lowest BCUT2D eigenvalue weighted by molar-refractivity contribution is -0.123. The molecule has 32 heavy (non-hydrogen) atoms. The number of hydrogen-bond donors (Lipinski definition) is 2. The highest BCUT2D eigenvalue weighted by Gasteiger charge is 2.28. The first kappa shape index (κ1) is 21.5. The highest BCUT2D eigenvalue weighted by Crippen LogP contribution is 2.28. The Morgan fingerprint density at radius 3 is 2.31 bits per heavy atom. The Bertz CT molecular complexity index is 1150. The van der Waals surface area contributed by atoms with Crippen molar-refractivity contribution in [3.05, 3.63) is 76.9 Å². The van der Waals surface area contributed by atoms with E-state index in [4.69, 9.17) is 0 Å². The van der Waals surface area contributed by atoms with Crippen LogP contribution in [0, 0.1) is 5.82 Å². The number of carbonyl (C=O) groups is 2. The SMILES string of the molecule is O=C(NCC(F)(F)F)c1ccc(NC(=O)c2nn(-c3ccc(F)cc3)c3c2CCC3)cc1. The van der Waals surface area contributed by atoms with Crippen LogP contribution in [0.3, 0.4) is 0 Å². The van der Waals surface area contributed by atoms with Gasteiger partial charge in [-0.15, -0.1) is 0 Å². The molecule has 10 heteroatoms. The lowest BCUT2D eigenvalue weighted by Crippen LogP contribution is -2.33. The van der Waals surface area contributed by atoms with Crippen molar-refractivity contribution in [2.24, 2.45) is 0 Å². The van der Waals surface area contributed by atoms with Gasteiger partial charge in [0.15, 0.2) is 5.69 Å². The zero-order chi connectivity index (χ0) is 22.9. The molecule has 2 aromatic carbocycles. The Kier molecular flexibility index (Phi) is 5.68. The maximum atomic E-state index is 13.3. The van der Waals surface area contributed by atoms with E-state index in [0.717, 1.165) is 24.1 Å². The maximum absolute atomic E-state index is 13.3. The summed E-state index contributed by atoms with van der Waals surface area (Å²) in [6, 6.07) is 11.3. The molecule has 0 bridgehead atoms. The molecule has 0 spiro atoms. The topological polar surface area (TPSA) is 76.0 Å². The molecular formula is C22H18F4N4O2. The van der Waals surface area contributed by atoms with E-state index in [-0.39, 0.29) is 17.1 Å². The molecule has 0 atom stereocenters. The summed E-state index contributed by atoms with van der Waals surface area (Å²) >= 11 is 0. The summed E-state index contributed by atoms with van der Waals surface area (Å²) in [6.45, 7) is -1.42. The molecule has 1 aliphatic carbocycles. The van der Waals surface area contributed by atoms with Gasteiger partial charge in [-0.3, -0.25) is 9.59 Å². The number of alkyl halides is 3. The quantitative estimate of drug-likeness (QED) is 0.581. The van der Waals surface area contributed by atoms with Crippen LogP contribution in [0.2, 0.25) is 0 Å². The Morgan fingerprint density at radius 1 is 0.969 bits per heavy atom. The molecule has 6 nitrogen and oxygen atoms in total. The fourth-order valence-corrected chi connectivity index (χ4v) is 3.59. The molecule has 4 rings (SSSR count). The van der Waals surface area contributed by atoms with Gasteiger partial charge < -0.3 is 10.6 Å². The molecule has 1 aromatic heterocycles. The van der Waals surface area contributed by atoms with Gasteiger partial charge >= 0.3 is 6.18 Å². The third-order valence-corrected chi connectivity index (χ3v) is 5.07. The van der Waals surface area contributed by atoms with E-state index in [2.05, 4.69) is 10.4 Å². The molecule has 3 aromatic rings. The molecule has 0 saturated heterocycles. The Morgan fingerprint density at radius 2 is 1.66 bits per heavy atom. The Labute approximate surface area is 180 Å². The number of halogens is 4. The average molecular weight is 446 g/mol. The number of hydrogen-bond acceptors (Lipinski definition) is 3. The van der Waals surface area contributed by atoms with E-state index in [1.54, 1.807) is 22.1 Å². The van der Waals surface area contributed by atoms with Crippen LogP contribution in [0.1, 0.15) is 38.5 Å². The summed E-state index contributed by atoms with van der Waals surface area (Å²) in [7, 11) is 0. The number of nitrogens with zero attached hydrogens (tertiary/aromatic N) is 2. The fraction of sp³-hybridized carbons (Fsp3) is 0.227. The van der Waals surface area contributed by atoms with E-state index >= 15 is 0 Å². The van der Waals surface area contributed by atoms with Crippen molar-refractivity contribution < 1.29 is 27.2 Å². The third kappa shape index (κ3) is 4.63. The highest BCUT2D eigenvalue weighted by atomic mass is 19.4. The molecule has 0 unspecified atom stereocenters. The molecule has 2 amide bonds. The number of aromatic nitrogens is 2. The van der Waals surface area contributed by atoms with E-state index < -0.39 is 24.5 Å². The second kappa shape index (κ2) is 8.45. The van der Waals surface area contributed by atoms with Gasteiger partial charge in [0.2, 0.25) is 0 Å². The van der Waals surface area contributed by atoms with E-state index in [1.807, 2.05) is 0 Å². The van der Waals surface area contributed by atoms with Crippen molar-refractivity contribution in [1.29, 1.82) is 0 Å². The molecule has 1 aliphatic rings. The van der Waals surface area contributed by atoms with Gasteiger partial charge in [0.05, 0.1) is 5.69 Å². The maximum Gasteiger partial charge on any atom is 0.405 e. The minimum Gasteiger partial charge on any atom is -0.343 e. The summed E-state index contributed by atoms with van der Waals surface area (Å²) in [6.07, 6.45) is -2.19. The van der Waals surface area contributed by atoms with Crippen molar-refractivity contribution in [2.75, 3.05) is 11.9 Å². The molecule has 0 saturated carbocycles. The normalized spacial score (nSPS) is 13.0. The predicted molar refractivity (Wildman–Crippen MR) is 108 cm³/mol. The van der Waals surface area contributed by atoms with Crippen LogP contribution < -0.4 is 10.6 Å². The summed E-state index contributed by atoms with van der Waals surface area (Å²) < 4.78 is 51.6. The van der Waals surface area contributed by atoms with Crippen molar-refractivity contribution >= 4 is 17.5 Å². The van der Waals surface area contributed by atoms with Crippen LogP contribution in [-0.4, -0.2) is 34.3 Å². The molecule has 0 radical (unpaired) electrons. The number of rotatable bonds is 5. The van der Waals surface area contributed by atoms with Gasteiger partial charge in [-0.25, -0.2) is 9.07 Å². The summed E-state index contributed by atoms with van der Waals surface area (Å²) in [4.78, 5) is 24.7. The minimum absolute atomic E-state index is 0.0359. The summed E-state index contributed by atoms with van der Waals surface area (Å²) in [5.41, 5.74) is 3.04. The number of benzene rings is 2. The van der Waals surface area contributed by atoms with Crippen molar-refractivity contribution in [2.45, 2.75) is 25.4 Å². The van der Waals surface area contributed by atoms with E-state index in [0.29, 0.717) is 17.8 Å². The molecule has 166 valence electrons. The monoisotopic (exact) mass is 446 g/mol. The van der Waals surface area contributed by atoms with Crippen LogP contribution in [-0.2, 0) is 12.8 Å². The molecular weight excluding hydrogens is 428 g/mol. The van der Waals surface area contributed by atoms with Crippen LogP contribution in [0.25, 0.3) is 5.69 Å². The smallest absolute Gasteiger partial charge is 0.343 e. The largest absolute Gasteiger partial charge is 0.405 e. The number of fused-ring (bicyclic) bond motifs is 1. The predicted octanol–water partition coefficient (Wildman–Crippen LogP) is 4.04. The first-order valence-corrected chi connectivity index (χ1v) is 9.84. The van der Waals surface area contributed by atoms with Gasteiger partial charge in [-0.2, -0.15) is 18.3 Å². The average Bonchev–Trinajstić information content (AvgIpc) is 3.35. The Hall–Kier alpha value is -3.69. The summed E-state index contributed by atoms with van der Waals surface area (Å²) in [5.74, 6) is -1.68. The minimum atomic E-state index is -4.50. The third-order valence-electron chi connectivity index (χ3n) is 5.07. The number of carbonyl (C=O) groups excluding carboxylic acids is 2. The van der Waals surface area contributed by atoms with Crippen molar-refractivity contribution in [3.8, 4) is 5.69 Å². The first-order chi connectivity index (χ1) is 15.2. The van der Waals surface area contributed by atoms with Crippen molar-refractivity contribution in [3.63, 3.8) is 0 Å². The van der Waals surface area contributed by atoms with Crippen LogP contribution in [0.15, 0.2) is 48.5 Å². The molecule has 2 N–H and O–H groups in total. The van der Waals surface area contributed by atoms with Gasteiger partial charge in [0.25, 0.3) is 11.8 Å². The zero-order valence-electron chi connectivity index (χ0n) is 16.7. The lowest BCUT2D eigenvalue weighted by Gasteiger charge is -2.09.